The molecule has 0 aliphatic carbocycles. The molecule has 0 atom stereocenters. The molecule has 2 aliphatic heterocycles. The highest BCUT2D eigenvalue weighted by atomic mass is 35.5. The Kier molecular flexibility index (Phi) is 11.1. The van der Waals surface area contributed by atoms with Crippen molar-refractivity contribution in [2.75, 3.05) is 62.2 Å². The van der Waals surface area contributed by atoms with E-state index in [0.29, 0.717) is 5.57 Å². The van der Waals surface area contributed by atoms with Crippen LogP contribution in [0.25, 0.3) is 0 Å². The lowest BCUT2D eigenvalue weighted by Crippen LogP contribution is -2.31. The number of thiocarbonyl (C=S) groups is 1. The van der Waals surface area contributed by atoms with Gasteiger partial charge in [0.25, 0.3) is 0 Å². The summed E-state index contributed by atoms with van der Waals surface area (Å²) in [6, 6.07) is 18.1. The Morgan fingerprint density at radius 3 is 1.94 bits per heavy atom. The SMILES string of the molecule is C/C(=C(\C#N)C(N)=S)N1CCCN(c2ccc(Cl)cc2)CC1.Clc1ccc(N2CCCNCC2)cc1. The van der Waals surface area contributed by atoms with Crippen molar-refractivity contribution >= 4 is 51.8 Å². The van der Waals surface area contributed by atoms with Crippen molar-refractivity contribution in [2.24, 2.45) is 5.73 Å². The van der Waals surface area contributed by atoms with E-state index in [4.69, 9.17) is 41.2 Å². The molecule has 4 rings (SSSR count). The Hall–Kier alpha value is -2.50. The Labute approximate surface area is 230 Å². The summed E-state index contributed by atoms with van der Waals surface area (Å²) in [5, 5.41) is 14.1. The molecule has 6 nitrogen and oxygen atoms in total. The first-order valence-electron chi connectivity index (χ1n) is 12.3. The molecule has 2 fully saturated rings. The van der Waals surface area contributed by atoms with Crippen molar-refractivity contribution in [3.05, 3.63) is 69.8 Å². The zero-order valence-electron chi connectivity index (χ0n) is 20.7. The predicted molar refractivity (Wildman–Crippen MR) is 156 cm³/mol. The van der Waals surface area contributed by atoms with Crippen LogP contribution in [0.15, 0.2) is 59.8 Å². The van der Waals surface area contributed by atoms with E-state index in [9.17, 15) is 5.26 Å². The van der Waals surface area contributed by atoms with E-state index in [1.807, 2.05) is 43.3 Å². The van der Waals surface area contributed by atoms with Gasteiger partial charge in [0.2, 0.25) is 0 Å². The second-order valence-corrected chi connectivity index (χ2v) is 10.1. The monoisotopic (exact) mass is 544 g/mol. The van der Waals surface area contributed by atoms with Gasteiger partial charge in [-0.15, -0.1) is 0 Å². The third-order valence-corrected chi connectivity index (χ3v) is 7.12. The molecular weight excluding hydrogens is 511 g/mol. The summed E-state index contributed by atoms with van der Waals surface area (Å²) in [7, 11) is 0. The quantitative estimate of drug-likeness (QED) is 0.316. The van der Waals surface area contributed by atoms with Gasteiger partial charge in [0, 0.05) is 72.9 Å². The Bertz CT molecular complexity index is 1060. The molecule has 0 saturated carbocycles. The van der Waals surface area contributed by atoms with E-state index in [-0.39, 0.29) is 4.99 Å². The summed E-state index contributed by atoms with van der Waals surface area (Å²) >= 11 is 16.7. The van der Waals surface area contributed by atoms with E-state index in [1.54, 1.807) is 0 Å². The number of nitriles is 1. The molecule has 0 aromatic heterocycles. The van der Waals surface area contributed by atoms with Crippen molar-refractivity contribution < 1.29 is 0 Å². The van der Waals surface area contributed by atoms with Crippen LogP contribution in [0.2, 0.25) is 10.0 Å². The predicted octanol–water partition coefficient (Wildman–Crippen LogP) is 5.08. The van der Waals surface area contributed by atoms with Crippen LogP contribution in [0.5, 0.6) is 0 Å². The first-order valence-corrected chi connectivity index (χ1v) is 13.4. The maximum atomic E-state index is 9.20. The smallest absolute Gasteiger partial charge is 0.116 e. The number of hydrogen-bond donors (Lipinski definition) is 2. The Balaban J connectivity index is 0.000000221. The Morgan fingerprint density at radius 2 is 1.39 bits per heavy atom. The lowest BCUT2D eigenvalue weighted by molar-refractivity contribution is 0.369. The molecule has 2 aromatic rings. The molecule has 0 bridgehead atoms. The first kappa shape index (κ1) is 28.1. The summed E-state index contributed by atoms with van der Waals surface area (Å²) in [5.41, 5.74) is 9.35. The molecule has 0 radical (unpaired) electrons. The van der Waals surface area contributed by atoms with E-state index in [2.05, 4.69) is 38.2 Å². The molecule has 2 aromatic carbocycles. The van der Waals surface area contributed by atoms with E-state index in [1.165, 1.54) is 17.8 Å². The fourth-order valence-electron chi connectivity index (χ4n) is 4.39. The summed E-state index contributed by atoms with van der Waals surface area (Å²) < 4.78 is 0. The van der Waals surface area contributed by atoms with Gasteiger partial charge in [0.1, 0.15) is 16.6 Å². The molecule has 9 heteroatoms. The number of rotatable bonds is 4. The minimum atomic E-state index is 0.166. The molecule has 192 valence electrons. The number of nitrogens with zero attached hydrogens (tertiary/aromatic N) is 4. The zero-order chi connectivity index (χ0) is 25.9. The van der Waals surface area contributed by atoms with Crippen LogP contribution in [0, 0.1) is 11.3 Å². The average molecular weight is 546 g/mol. The zero-order valence-corrected chi connectivity index (χ0v) is 23.0. The van der Waals surface area contributed by atoms with E-state index in [0.717, 1.165) is 74.5 Å². The van der Waals surface area contributed by atoms with E-state index < -0.39 is 0 Å². The summed E-state index contributed by atoms with van der Waals surface area (Å²) in [6.07, 6.45) is 2.22. The minimum Gasteiger partial charge on any atom is -0.389 e. The van der Waals surface area contributed by atoms with Crippen molar-refractivity contribution in [2.45, 2.75) is 19.8 Å². The lowest BCUT2D eigenvalue weighted by Gasteiger charge is -2.26. The standard InChI is InChI=1S/C16H19ClN4S.C11H15ClN2/c1-12(15(11-18)16(19)22)20-7-2-8-21(10-9-20)14-5-3-13(17)4-6-14;12-10-2-4-11(5-3-10)14-8-1-6-13-7-9-14/h3-6H,2,7-10H2,1H3,(H2,19,22);2-5,13H,1,6-9H2/b15-12-;. The van der Waals surface area contributed by atoms with Gasteiger partial charge in [-0.3, -0.25) is 0 Å². The highest BCUT2D eigenvalue weighted by Crippen LogP contribution is 2.21. The van der Waals surface area contributed by atoms with Gasteiger partial charge >= 0.3 is 0 Å². The van der Waals surface area contributed by atoms with E-state index >= 15 is 0 Å². The Morgan fingerprint density at radius 1 is 0.833 bits per heavy atom. The first-order chi connectivity index (χ1) is 17.4. The number of allylic oxidation sites excluding steroid dienone is 1. The van der Waals surface area contributed by atoms with Gasteiger partial charge in [-0.1, -0.05) is 35.4 Å². The molecule has 3 N–H and O–H groups in total. The highest BCUT2D eigenvalue weighted by molar-refractivity contribution is 7.80. The van der Waals surface area contributed by atoms with Crippen LogP contribution < -0.4 is 20.9 Å². The second-order valence-electron chi connectivity index (χ2n) is 8.81. The van der Waals surface area contributed by atoms with Gasteiger partial charge in [0.05, 0.1) is 0 Å². The summed E-state index contributed by atoms with van der Waals surface area (Å²) in [4.78, 5) is 7.08. The molecule has 2 aliphatic rings. The lowest BCUT2D eigenvalue weighted by atomic mass is 10.2. The third kappa shape index (κ3) is 8.28. The van der Waals surface area contributed by atoms with Crippen molar-refractivity contribution in [3.63, 3.8) is 0 Å². The largest absolute Gasteiger partial charge is 0.389 e. The maximum absolute atomic E-state index is 9.20. The van der Waals surface area contributed by atoms with Crippen LogP contribution in [-0.2, 0) is 0 Å². The van der Waals surface area contributed by atoms with Gasteiger partial charge in [-0.25, -0.2) is 0 Å². The fraction of sp³-hybridized carbons (Fsp3) is 0.407. The topological polar surface area (TPSA) is 71.6 Å². The molecular formula is C27H34Cl2N6S. The molecule has 2 heterocycles. The summed E-state index contributed by atoms with van der Waals surface area (Å²) in [6.45, 7) is 9.92. The van der Waals surface area contributed by atoms with Gasteiger partial charge in [-0.2, -0.15) is 5.26 Å². The molecule has 0 amide bonds. The maximum Gasteiger partial charge on any atom is 0.116 e. The molecule has 0 spiro atoms. The van der Waals surface area contributed by atoms with Crippen molar-refractivity contribution in [1.82, 2.24) is 10.2 Å². The van der Waals surface area contributed by atoms with Gasteiger partial charge < -0.3 is 25.8 Å². The van der Waals surface area contributed by atoms with Crippen molar-refractivity contribution in [3.8, 4) is 6.07 Å². The number of anilines is 2. The van der Waals surface area contributed by atoms with Crippen LogP contribution in [0.4, 0.5) is 11.4 Å². The number of nitrogens with two attached hydrogens (primary N) is 1. The average Bonchev–Trinajstić information content (AvgIpc) is 3.29. The number of benzene rings is 2. The van der Waals surface area contributed by atoms with Crippen LogP contribution >= 0.6 is 35.4 Å². The third-order valence-electron chi connectivity index (χ3n) is 6.41. The summed E-state index contributed by atoms with van der Waals surface area (Å²) in [5.74, 6) is 0. The van der Waals surface area contributed by atoms with Gasteiger partial charge in [-0.05, 0) is 74.8 Å². The number of halogens is 2. The molecule has 36 heavy (non-hydrogen) atoms. The van der Waals surface area contributed by atoms with Crippen LogP contribution in [0.3, 0.4) is 0 Å². The number of nitrogens with one attached hydrogen (secondary N) is 1. The van der Waals surface area contributed by atoms with Crippen LogP contribution in [0.1, 0.15) is 19.8 Å². The highest BCUT2D eigenvalue weighted by Gasteiger charge is 2.18. The normalized spacial score (nSPS) is 17.1. The van der Waals surface area contributed by atoms with Gasteiger partial charge in [0.15, 0.2) is 0 Å². The van der Waals surface area contributed by atoms with Crippen LogP contribution in [-0.4, -0.2) is 62.2 Å². The molecule has 2 saturated heterocycles. The minimum absolute atomic E-state index is 0.166. The molecule has 0 unspecified atom stereocenters. The van der Waals surface area contributed by atoms with Crippen molar-refractivity contribution in [1.29, 1.82) is 5.26 Å². The number of hydrogen-bond acceptors (Lipinski definition) is 6. The second kappa shape index (κ2) is 14.3. The fourth-order valence-corrected chi connectivity index (χ4v) is 4.84.